The van der Waals surface area contributed by atoms with E-state index in [4.69, 9.17) is 9.84 Å². The standard InChI is InChI=1S/C15H11FN3O4.C2H6.Ir/c16-12-3-1-9(7-14(12)23-6-5-20)15-11-8-10(19(21)22)2-4-13(11)17-18-15;1-2;/h1-4,7-8,20H,5-6H2;1-2H3;/q-1;;. The van der Waals surface area contributed by atoms with Gasteiger partial charge >= 0.3 is 0 Å². The molecule has 0 aliphatic heterocycles. The predicted octanol–water partition coefficient (Wildman–Crippen LogP) is 3.30. The predicted molar refractivity (Wildman–Crippen MR) is 91.0 cm³/mol. The fourth-order valence-corrected chi connectivity index (χ4v) is 2.20. The molecule has 26 heavy (non-hydrogen) atoms. The van der Waals surface area contributed by atoms with E-state index in [0.717, 1.165) is 0 Å². The van der Waals surface area contributed by atoms with Crippen molar-refractivity contribution in [3.63, 3.8) is 0 Å². The largest absolute Gasteiger partial charge is 0.574 e. The maximum atomic E-state index is 13.7. The third-order valence-corrected chi connectivity index (χ3v) is 3.26. The average Bonchev–Trinajstić information content (AvgIpc) is 3.06. The monoisotopic (exact) mass is 539 g/mol. The van der Waals surface area contributed by atoms with Gasteiger partial charge in [0.1, 0.15) is 6.61 Å². The van der Waals surface area contributed by atoms with Gasteiger partial charge in [0.25, 0.3) is 5.69 Å². The van der Waals surface area contributed by atoms with Gasteiger partial charge in [0.05, 0.1) is 17.2 Å². The summed E-state index contributed by atoms with van der Waals surface area (Å²) < 4.78 is 18.8. The van der Waals surface area contributed by atoms with Crippen molar-refractivity contribution in [1.29, 1.82) is 0 Å². The van der Waals surface area contributed by atoms with Crippen molar-refractivity contribution in [2.75, 3.05) is 13.2 Å². The number of fused-ring (bicyclic) bond motifs is 1. The molecule has 9 heteroatoms. The molecule has 2 aromatic carbocycles. The zero-order chi connectivity index (χ0) is 18.4. The number of aromatic nitrogens is 2. The number of aliphatic hydroxyl groups excluding tert-OH is 1. The van der Waals surface area contributed by atoms with Gasteiger partial charge in [-0.05, 0) is 23.6 Å². The molecule has 0 fully saturated rings. The molecule has 3 rings (SSSR count). The molecule has 0 aliphatic rings. The Bertz CT molecular complexity index is 886. The summed E-state index contributed by atoms with van der Waals surface area (Å²) in [6, 6.07) is 8.36. The van der Waals surface area contributed by atoms with E-state index in [-0.39, 0.29) is 44.8 Å². The number of halogens is 1. The zero-order valence-electron chi connectivity index (χ0n) is 14.1. The van der Waals surface area contributed by atoms with Crippen LogP contribution >= 0.6 is 0 Å². The quantitative estimate of drug-likeness (QED) is 0.395. The van der Waals surface area contributed by atoms with E-state index in [0.29, 0.717) is 22.2 Å². The van der Waals surface area contributed by atoms with Gasteiger partial charge in [-0.1, -0.05) is 19.9 Å². The number of rotatable bonds is 5. The molecule has 0 atom stereocenters. The summed E-state index contributed by atoms with van der Waals surface area (Å²) in [6.45, 7) is 3.72. The molecule has 0 aliphatic carbocycles. The number of nitro benzene ring substituents is 1. The molecule has 3 aromatic rings. The van der Waals surface area contributed by atoms with Gasteiger partial charge in [-0.3, -0.25) is 10.1 Å². The summed E-state index contributed by atoms with van der Waals surface area (Å²) in [7, 11) is 0. The molecule has 1 heterocycles. The minimum Gasteiger partial charge on any atom is -0.574 e. The van der Waals surface area contributed by atoms with Crippen LogP contribution in [0, 0.1) is 15.9 Å². The molecular weight excluding hydrogens is 521 g/mol. The fourth-order valence-electron chi connectivity index (χ4n) is 2.20. The molecule has 1 radical (unpaired) electrons. The second kappa shape index (κ2) is 9.96. The molecule has 0 amide bonds. The number of hydrogen-bond acceptors (Lipinski definition) is 5. The third-order valence-electron chi connectivity index (χ3n) is 3.26. The first kappa shape index (κ1) is 21.7. The number of benzene rings is 2. The zero-order valence-corrected chi connectivity index (χ0v) is 16.5. The first-order valence-electron chi connectivity index (χ1n) is 7.71. The number of aliphatic hydroxyl groups is 1. The van der Waals surface area contributed by atoms with Crippen LogP contribution in [-0.2, 0) is 20.1 Å². The smallest absolute Gasteiger partial charge is 0.270 e. The second-order valence-electron chi connectivity index (χ2n) is 4.72. The number of nitrogens with zero attached hydrogens (tertiary/aromatic N) is 3. The normalized spacial score (nSPS) is 9.85. The van der Waals surface area contributed by atoms with Crippen LogP contribution in [0.25, 0.3) is 22.2 Å². The van der Waals surface area contributed by atoms with Crippen LogP contribution in [0.5, 0.6) is 5.75 Å². The van der Waals surface area contributed by atoms with Crippen LogP contribution in [0.15, 0.2) is 36.4 Å². The number of hydrogen-bond donors (Lipinski definition) is 1. The maximum absolute atomic E-state index is 13.7. The fraction of sp³-hybridized carbons (Fsp3) is 0.235. The maximum Gasteiger partial charge on any atom is 0.270 e. The van der Waals surface area contributed by atoms with Crippen LogP contribution < -0.4 is 9.84 Å². The van der Waals surface area contributed by atoms with Crippen molar-refractivity contribution < 1.29 is 39.3 Å². The van der Waals surface area contributed by atoms with E-state index < -0.39 is 10.7 Å². The Labute approximate surface area is 162 Å². The van der Waals surface area contributed by atoms with Gasteiger partial charge in [0.2, 0.25) is 0 Å². The van der Waals surface area contributed by atoms with Crippen molar-refractivity contribution in [2.45, 2.75) is 13.8 Å². The molecule has 0 unspecified atom stereocenters. The van der Waals surface area contributed by atoms with E-state index in [1.165, 1.54) is 36.4 Å². The summed E-state index contributed by atoms with van der Waals surface area (Å²) in [5.41, 5.74) is 1.35. The van der Waals surface area contributed by atoms with Crippen LogP contribution in [0.4, 0.5) is 10.1 Å². The Hall–Kier alpha value is -2.35. The summed E-state index contributed by atoms with van der Waals surface area (Å²) in [5, 5.41) is 28.1. The van der Waals surface area contributed by atoms with Crippen LogP contribution in [0.1, 0.15) is 13.8 Å². The van der Waals surface area contributed by atoms with Crippen LogP contribution in [0.3, 0.4) is 0 Å². The molecule has 141 valence electrons. The SMILES string of the molecule is CC.O=[N+]([O-])c1ccc2[n-]nc(-c3ccc(F)c(OCCO)c3)c2c1.[Ir]. The Morgan fingerprint density at radius 3 is 2.65 bits per heavy atom. The third kappa shape index (κ3) is 4.63. The minimum absolute atomic E-state index is 0. The van der Waals surface area contributed by atoms with Crippen molar-refractivity contribution in [1.82, 2.24) is 10.2 Å². The molecular formula is C17H17FIrN3O4-. The van der Waals surface area contributed by atoms with Crippen molar-refractivity contribution in [2.24, 2.45) is 0 Å². The summed E-state index contributed by atoms with van der Waals surface area (Å²) >= 11 is 0. The van der Waals surface area contributed by atoms with E-state index in [2.05, 4.69) is 10.2 Å². The molecule has 1 N–H and O–H groups in total. The van der Waals surface area contributed by atoms with Gasteiger partial charge in [0, 0.05) is 37.8 Å². The van der Waals surface area contributed by atoms with Crippen molar-refractivity contribution in [3.05, 3.63) is 52.3 Å². The average molecular weight is 539 g/mol. The molecule has 7 nitrogen and oxygen atoms in total. The molecule has 0 spiro atoms. The van der Waals surface area contributed by atoms with E-state index in [1.807, 2.05) is 13.8 Å². The minimum atomic E-state index is -0.572. The van der Waals surface area contributed by atoms with Crippen molar-refractivity contribution in [3.8, 4) is 17.0 Å². The van der Waals surface area contributed by atoms with E-state index >= 15 is 0 Å². The number of ether oxygens (including phenoxy) is 1. The Morgan fingerprint density at radius 2 is 2.00 bits per heavy atom. The molecule has 1 aromatic heterocycles. The summed E-state index contributed by atoms with van der Waals surface area (Å²) in [5.74, 6) is -0.602. The first-order valence-corrected chi connectivity index (χ1v) is 7.71. The molecule has 0 saturated carbocycles. The topological polar surface area (TPSA) is 99.6 Å². The number of nitro groups is 1. The Kier molecular flexibility index (Phi) is 8.31. The molecule has 0 bridgehead atoms. The Morgan fingerprint density at radius 1 is 1.27 bits per heavy atom. The summed E-state index contributed by atoms with van der Waals surface area (Å²) in [6.07, 6.45) is 0. The van der Waals surface area contributed by atoms with Gasteiger partial charge in [0.15, 0.2) is 11.6 Å². The van der Waals surface area contributed by atoms with Gasteiger partial charge in [-0.2, -0.15) is 0 Å². The van der Waals surface area contributed by atoms with Gasteiger partial charge in [-0.15, -0.1) is 5.52 Å². The van der Waals surface area contributed by atoms with Gasteiger partial charge < -0.3 is 20.0 Å². The van der Waals surface area contributed by atoms with Crippen LogP contribution in [0.2, 0.25) is 0 Å². The second-order valence-corrected chi connectivity index (χ2v) is 4.72. The van der Waals surface area contributed by atoms with E-state index in [1.54, 1.807) is 0 Å². The van der Waals surface area contributed by atoms with Crippen LogP contribution in [-0.4, -0.2) is 28.3 Å². The summed E-state index contributed by atoms with van der Waals surface area (Å²) in [4.78, 5) is 10.4. The first-order chi connectivity index (χ1) is 12.1. The van der Waals surface area contributed by atoms with E-state index in [9.17, 15) is 14.5 Å². The number of non-ortho nitro benzene ring substituents is 1. The Balaban J connectivity index is 0.00000109. The molecule has 0 saturated heterocycles. The van der Waals surface area contributed by atoms with Crippen molar-refractivity contribution >= 4 is 16.6 Å². The van der Waals surface area contributed by atoms with Gasteiger partial charge in [-0.25, -0.2) is 4.39 Å².